The maximum atomic E-state index is 13.2. The van der Waals surface area contributed by atoms with Gasteiger partial charge in [-0.2, -0.15) is 31.4 Å². The van der Waals surface area contributed by atoms with E-state index in [1.165, 1.54) is 80.9 Å². The molecular weight excluding hydrogens is 925 g/mol. The van der Waals surface area contributed by atoms with Crippen LogP contribution in [0.4, 0.5) is 26.3 Å². The molecule has 4 rings (SSSR count). The Morgan fingerprint density at radius 3 is 1.77 bits per heavy atom. The van der Waals surface area contributed by atoms with Gasteiger partial charge in [0.2, 0.25) is 5.91 Å². The van der Waals surface area contributed by atoms with Crippen molar-refractivity contribution in [3.05, 3.63) is 46.8 Å². The monoisotopic (exact) mass is 1020 g/mol. The van der Waals surface area contributed by atoms with E-state index in [-0.39, 0.29) is 36.2 Å². The molecule has 416 valence electrons. The number of H-pyrrole nitrogens is 1. The van der Waals surface area contributed by atoms with Gasteiger partial charge in [0, 0.05) is 38.3 Å². The van der Waals surface area contributed by atoms with Gasteiger partial charge in [0.25, 0.3) is 5.91 Å². The van der Waals surface area contributed by atoms with Crippen molar-refractivity contribution in [2.45, 2.75) is 252 Å². The van der Waals surface area contributed by atoms with Crippen molar-refractivity contribution in [1.29, 1.82) is 5.41 Å². The van der Waals surface area contributed by atoms with E-state index >= 15 is 0 Å². The third kappa shape index (κ3) is 38.2. The third-order valence-corrected chi connectivity index (χ3v) is 11.5. The summed E-state index contributed by atoms with van der Waals surface area (Å²) in [7, 11) is 0. The third-order valence-electron chi connectivity index (χ3n) is 11.5. The van der Waals surface area contributed by atoms with Crippen molar-refractivity contribution < 1.29 is 45.5 Å². The number of carbonyl (C=O) groups excluding carboxylic acids is 3. The molecule has 2 aliphatic rings. The number of rotatable bonds is 15. The van der Waals surface area contributed by atoms with Crippen LogP contribution in [0.1, 0.15) is 243 Å². The van der Waals surface area contributed by atoms with E-state index in [2.05, 4.69) is 74.2 Å². The lowest BCUT2D eigenvalue weighted by Crippen LogP contribution is -2.35. The lowest BCUT2D eigenvalue weighted by molar-refractivity contribution is -0.214. The van der Waals surface area contributed by atoms with Gasteiger partial charge in [-0.15, -0.1) is 0 Å². The molecule has 4 N–H and O–H groups in total. The first-order valence-corrected chi connectivity index (χ1v) is 25.8. The van der Waals surface area contributed by atoms with Gasteiger partial charge in [0.15, 0.2) is 0 Å². The number of hydrogen-bond donors (Lipinski definition) is 4. The number of nitrogens with zero attached hydrogens (tertiary/aromatic N) is 3. The molecule has 2 aromatic heterocycles. The van der Waals surface area contributed by atoms with Gasteiger partial charge in [-0.05, 0) is 136 Å². The maximum Gasteiger partial charge on any atom is 0.393 e. The van der Waals surface area contributed by atoms with Crippen molar-refractivity contribution in [3.8, 4) is 0 Å². The molecule has 0 spiro atoms. The Labute approximate surface area is 426 Å². The number of halogens is 6. The van der Waals surface area contributed by atoms with Crippen LogP contribution in [0.5, 0.6) is 0 Å². The summed E-state index contributed by atoms with van der Waals surface area (Å²) in [4.78, 5) is 40.2. The van der Waals surface area contributed by atoms with E-state index in [1.807, 2.05) is 55.4 Å². The molecule has 17 heteroatoms. The molecule has 11 nitrogen and oxygen atoms in total. The Morgan fingerprint density at radius 2 is 1.48 bits per heavy atom. The van der Waals surface area contributed by atoms with Crippen LogP contribution in [0.15, 0.2) is 29.6 Å². The van der Waals surface area contributed by atoms with Crippen LogP contribution in [-0.4, -0.2) is 68.2 Å². The quantitative estimate of drug-likeness (QED) is 0.0791. The normalized spacial score (nSPS) is 14.6. The van der Waals surface area contributed by atoms with Gasteiger partial charge in [-0.1, -0.05) is 100 Å². The molecule has 0 bridgehead atoms. The van der Waals surface area contributed by atoms with Crippen LogP contribution >= 0.6 is 0 Å². The van der Waals surface area contributed by atoms with E-state index in [4.69, 9.17) is 10.1 Å². The summed E-state index contributed by atoms with van der Waals surface area (Å²) in [6, 6.07) is 0.971. The van der Waals surface area contributed by atoms with Crippen molar-refractivity contribution >= 4 is 23.5 Å². The number of allylic oxidation sites excluding steroid dienone is 2. The second-order valence-electron chi connectivity index (χ2n) is 19.5. The zero-order valence-electron chi connectivity index (χ0n) is 47.5. The summed E-state index contributed by atoms with van der Waals surface area (Å²) >= 11 is 0. The summed E-state index contributed by atoms with van der Waals surface area (Å²) in [6.07, 6.45) is 14.2. The smallest absolute Gasteiger partial charge is 0.393 e. The zero-order chi connectivity index (χ0) is 56.2. The fourth-order valence-corrected chi connectivity index (χ4v) is 6.47. The second-order valence-corrected chi connectivity index (χ2v) is 19.5. The van der Waals surface area contributed by atoms with Gasteiger partial charge >= 0.3 is 18.8 Å². The molecular formula is C54H99F6N7O4. The summed E-state index contributed by atoms with van der Waals surface area (Å²) in [6.45, 7) is 34.0. The molecule has 71 heavy (non-hydrogen) atoms. The fraction of sp³-hybridized carbons (Fsp3) is 0.778. The highest BCUT2D eigenvalue weighted by Crippen LogP contribution is 2.54. The largest absolute Gasteiger partial charge is 0.460 e. The predicted octanol–water partition coefficient (Wildman–Crippen LogP) is 16.2. The minimum Gasteiger partial charge on any atom is -0.460 e. The number of alkyl halides is 6. The Balaban J connectivity index is -0.000000414. The molecule has 2 atom stereocenters. The van der Waals surface area contributed by atoms with E-state index < -0.39 is 24.3 Å². The van der Waals surface area contributed by atoms with Crippen molar-refractivity contribution in [2.24, 2.45) is 16.7 Å². The predicted molar refractivity (Wildman–Crippen MR) is 281 cm³/mol. The Morgan fingerprint density at radius 1 is 0.930 bits per heavy atom. The van der Waals surface area contributed by atoms with Crippen LogP contribution in [0, 0.1) is 29.1 Å². The van der Waals surface area contributed by atoms with E-state index in [9.17, 15) is 40.7 Å². The average Bonchev–Trinajstić information content (AvgIpc) is 3.62. The number of aromatic amines is 1. The number of ether oxygens (including phenoxy) is 1. The number of carbonyl (C=O) groups is 3. The molecule has 2 unspecified atom stereocenters. The molecule has 1 saturated carbocycles. The standard InChI is InChI=1S/C17H24F3N5O.C11H22.C8H15N.C6H12O2.C5H9NO.C4H10.C2H6.CHF3/c1-5-25-14(7-9-22-25)15(26)24-12(13-10-21-11(2)23-13)6-8-16(3,4)17(18,19)20;1-4-6-11(7-8-11)9-10(3)5-2;1-5-6(2)7(3)8(4)9;1-5(7)8-6(2,3)4;7-5-3-1-2-4-6-5;1-3-4-2;1-2;2-1(3)4/h7,9-10,12H,5-6,8H2,1-4H3,(H,21,23)(H,24,26);10H,4-9H2,1-3H3;9H,5H2,1-4H3;1-4H3;1-4H2,(H,6,7);3-4H2,1-2H3;1-2H3;1H. The number of piperidine rings is 1. The highest BCUT2D eigenvalue weighted by molar-refractivity contribution is 5.95. The minimum atomic E-state index is -4.31. The molecule has 2 amide bonds. The lowest BCUT2D eigenvalue weighted by atomic mass is 9.85. The van der Waals surface area contributed by atoms with E-state index in [0.717, 1.165) is 63.0 Å². The lowest BCUT2D eigenvalue weighted by Gasteiger charge is -2.29. The molecule has 1 aliphatic carbocycles. The molecule has 0 radical (unpaired) electrons. The van der Waals surface area contributed by atoms with Crippen molar-refractivity contribution in [1.82, 2.24) is 30.4 Å². The number of hydrogen-bond acceptors (Lipinski definition) is 7. The van der Waals surface area contributed by atoms with Gasteiger partial charge < -0.3 is 25.8 Å². The first-order valence-electron chi connectivity index (χ1n) is 25.8. The molecule has 0 aromatic carbocycles. The maximum absolute atomic E-state index is 13.2. The molecule has 2 aromatic rings. The van der Waals surface area contributed by atoms with Gasteiger partial charge in [-0.3, -0.25) is 19.1 Å². The number of amides is 2. The van der Waals surface area contributed by atoms with Crippen LogP contribution < -0.4 is 10.6 Å². The van der Waals surface area contributed by atoms with Crippen LogP contribution in [0.2, 0.25) is 0 Å². The second kappa shape index (κ2) is 39.4. The molecule has 2 fully saturated rings. The summed E-state index contributed by atoms with van der Waals surface area (Å²) < 4.78 is 74.8. The number of imidazole rings is 1. The molecule has 1 aliphatic heterocycles. The first kappa shape index (κ1) is 73.4. The van der Waals surface area contributed by atoms with Gasteiger partial charge in [-0.25, -0.2) is 4.98 Å². The molecule has 1 saturated heterocycles. The van der Waals surface area contributed by atoms with Gasteiger partial charge in [0.1, 0.15) is 17.1 Å². The van der Waals surface area contributed by atoms with Crippen LogP contribution in [-0.2, 0) is 20.9 Å². The SMILES string of the molecule is CC.CC(=O)OC(C)(C)C.CCC(C)=C(C)C(C)=N.CCCC.CCCC1(CC(C)CC)CC1.CCn1nccc1C(=O)NC(CCC(C)(C)C(F)(F)F)c1cnc(C)[nH]1.FC(F)F.O=C1CCCCN1. The minimum absolute atomic E-state index is 0.125. The van der Waals surface area contributed by atoms with E-state index in [0.29, 0.717) is 29.5 Å². The zero-order valence-corrected chi connectivity index (χ0v) is 47.5. The summed E-state index contributed by atoms with van der Waals surface area (Å²) in [5.74, 6) is 1.20. The fourth-order valence-electron chi connectivity index (χ4n) is 6.47. The number of aryl methyl sites for hydroxylation is 2. The number of unbranched alkanes of at least 4 members (excludes halogenated alkanes) is 1. The highest BCUT2D eigenvalue weighted by atomic mass is 19.4. The van der Waals surface area contributed by atoms with E-state index in [1.54, 1.807) is 13.0 Å². The highest BCUT2D eigenvalue weighted by Gasteiger charge is 2.47. The van der Waals surface area contributed by atoms with Crippen molar-refractivity contribution in [2.75, 3.05) is 6.54 Å². The topological polar surface area (TPSA) is 155 Å². The Hall–Kier alpha value is -4.18. The Bertz CT molecular complexity index is 1730. The van der Waals surface area contributed by atoms with Crippen LogP contribution in [0.25, 0.3) is 0 Å². The number of esters is 1. The average molecular weight is 1020 g/mol. The Kier molecular flexibility index (Phi) is 40.7. The molecule has 3 heterocycles. The number of nitrogens with one attached hydrogen (secondary N) is 4. The summed E-state index contributed by atoms with van der Waals surface area (Å²) in [5, 5.41) is 16.9. The van der Waals surface area contributed by atoms with Crippen LogP contribution in [0.3, 0.4) is 0 Å². The summed E-state index contributed by atoms with van der Waals surface area (Å²) in [5.41, 5.74) is 2.74. The van der Waals surface area contributed by atoms with Gasteiger partial charge in [0.05, 0.1) is 23.3 Å². The number of aromatic nitrogens is 4. The van der Waals surface area contributed by atoms with Crippen molar-refractivity contribution in [3.63, 3.8) is 0 Å². The first-order chi connectivity index (χ1) is 32.8.